The van der Waals surface area contributed by atoms with Crippen LogP contribution < -0.4 is 0 Å². The van der Waals surface area contributed by atoms with E-state index in [9.17, 15) is 9.59 Å². The fourth-order valence-electron chi connectivity index (χ4n) is 1.62. The molecule has 0 radical (unpaired) electrons. The SMILES string of the molecule is CC(=O)N1CC(=O)/C(=C\CCC(C)C)C1. The molecule has 1 aliphatic heterocycles. The second kappa shape index (κ2) is 5.10. The molecule has 0 unspecified atom stereocenters. The van der Waals surface area contributed by atoms with Gasteiger partial charge in [0, 0.05) is 19.0 Å². The van der Waals surface area contributed by atoms with Gasteiger partial charge in [-0.15, -0.1) is 0 Å². The zero-order valence-corrected chi connectivity index (χ0v) is 9.75. The summed E-state index contributed by atoms with van der Waals surface area (Å²) in [6, 6.07) is 0. The van der Waals surface area contributed by atoms with Gasteiger partial charge in [0.25, 0.3) is 0 Å². The number of hydrogen-bond acceptors (Lipinski definition) is 2. The molecule has 0 N–H and O–H groups in total. The van der Waals surface area contributed by atoms with E-state index < -0.39 is 0 Å². The van der Waals surface area contributed by atoms with Gasteiger partial charge in [-0.2, -0.15) is 0 Å². The number of carbonyl (C=O) groups excluding carboxylic acids is 2. The first kappa shape index (κ1) is 12.0. The molecule has 1 heterocycles. The number of amides is 1. The highest BCUT2D eigenvalue weighted by Gasteiger charge is 2.25. The van der Waals surface area contributed by atoms with Crippen molar-refractivity contribution in [1.82, 2.24) is 4.90 Å². The number of rotatable bonds is 3. The van der Waals surface area contributed by atoms with Crippen LogP contribution >= 0.6 is 0 Å². The topological polar surface area (TPSA) is 37.4 Å². The van der Waals surface area contributed by atoms with Gasteiger partial charge < -0.3 is 4.90 Å². The van der Waals surface area contributed by atoms with Crippen LogP contribution in [0.3, 0.4) is 0 Å². The number of Topliss-reactive ketones (excluding diaryl/α,β-unsaturated/α-hetero) is 1. The average Bonchev–Trinajstić information content (AvgIpc) is 2.47. The molecular formula is C12H19NO2. The van der Waals surface area contributed by atoms with Crippen molar-refractivity contribution in [3.05, 3.63) is 11.6 Å². The zero-order valence-electron chi connectivity index (χ0n) is 9.75. The van der Waals surface area contributed by atoms with Gasteiger partial charge in [-0.05, 0) is 18.8 Å². The molecular weight excluding hydrogens is 190 g/mol. The largest absolute Gasteiger partial charge is 0.331 e. The average molecular weight is 209 g/mol. The summed E-state index contributed by atoms with van der Waals surface area (Å²) in [5.74, 6) is 0.742. The van der Waals surface area contributed by atoms with Gasteiger partial charge in [0.05, 0.1) is 6.54 Å². The Morgan fingerprint density at radius 2 is 2.13 bits per heavy atom. The molecule has 0 aromatic carbocycles. The van der Waals surface area contributed by atoms with E-state index in [0.717, 1.165) is 18.4 Å². The minimum absolute atomic E-state index is 0.0180. The first-order chi connectivity index (χ1) is 7.00. The Morgan fingerprint density at radius 3 is 2.60 bits per heavy atom. The molecule has 0 aliphatic carbocycles. The van der Waals surface area contributed by atoms with E-state index in [1.807, 2.05) is 6.08 Å². The Kier molecular flexibility index (Phi) is 4.06. The minimum atomic E-state index is -0.0180. The van der Waals surface area contributed by atoms with Gasteiger partial charge >= 0.3 is 0 Å². The number of nitrogens with zero attached hydrogens (tertiary/aromatic N) is 1. The Balaban J connectivity index is 2.50. The van der Waals surface area contributed by atoms with E-state index in [1.54, 1.807) is 4.90 Å². The second-order valence-corrected chi connectivity index (χ2v) is 4.50. The lowest BCUT2D eigenvalue weighted by Crippen LogP contribution is -2.25. The molecule has 0 spiro atoms. The van der Waals surface area contributed by atoms with Gasteiger partial charge in [-0.25, -0.2) is 0 Å². The van der Waals surface area contributed by atoms with Crippen molar-refractivity contribution in [2.45, 2.75) is 33.6 Å². The molecule has 1 fully saturated rings. The number of likely N-dealkylation sites (tertiary alicyclic amines) is 1. The molecule has 1 saturated heterocycles. The van der Waals surface area contributed by atoms with Crippen LogP contribution in [0.5, 0.6) is 0 Å². The summed E-state index contributed by atoms with van der Waals surface area (Å²) in [7, 11) is 0. The Hall–Kier alpha value is -1.12. The van der Waals surface area contributed by atoms with Crippen LogP contribution in [0.1, 0.15) is 33.6 Å². The van der Waals surface area contributed by atoms with Crippen LogP contribution in [0.25, 0.3) is 0 Å². The molecule has 0 aromatic rings. The van der Waals surface area contributed by atoms with Crippen molar-refractivity contribution in [1.29, 1.82) is 0 Å². The van der Waals surface area contributed by atoms with Crippen molar-refractivity contribution in [3.8, 4) is 0 Å². The van der Waals surface area contributed by atoms with E-state index in [1.165, 1.54) is 6.92 Å². The number of allylic oxidation sites excluding steroid dienone is 1. The molecule has 1 amide bonds. The highest BCUT2D eigenvalue weighted by atomic mass is 16.2. The van der Waals surface area contributed by atoms with Crippen LogP contribution in [-0.2, 0) is 9.59 Å². The Bertz CT molecular complexity index is 292. The van der Waals surface area contributed by atoms with Gasteiger partial charge in [0.15, 0.2) is 5.78 Å². The minimum Gasteiger partial charge on any atom is -0.331 e. The van der Waals surface area contributed by atoms with Gasteiger partial charge in [0.2, 0.25) is 5.91 Å². The Morgan fingerprint density at radius 1 is 1.47 bits per heavy atom. The zero-order chi connectivity index (χ0) is 11.4. The summed E-state index contributed by atoms with van der Waals surface area (Å²) in [5.41, 5.74) is 0.811. The lowest BCUT2D eigenvalue weighted by Gasteiger charge is -2.09. The maximum Gasteiger partial charge on any atom is 0.220 e. The first-order valence-electron chi connectivity index (χ1n) is 5.48. The summed E-state index contributed by atoms with van der Waals surface area (Å²) in [4.78, 5) is 24.2. The molecule has 15 heavy (non-hydrogen) atoms. The van der Waals surface area contributed by atoms with E-state index in [2.05, 4.69) is 13.8 Å². The summed E-state index contributed by atoms with van der Waals surface area (Å²) < 4.78 is 0. The van der Waals surface area contributed by atoms with Crippen molar-refractivity contribution in [2.24, 2.45) is 5.92 Å². The monoisotopic (exact) mass is 209 g/mol. The number of ketones is 1. The van der Waals surface area contributed by atoms with Crippen LogP contribution in [0, 0.1) is 5.92 Å². The standard InChI is InChI=1S/C12H19NO2/c1-9(2)5-4-6-11-7-13(10(3)14)8-12(11)15/h6,9H,4-5,7-8H2,1-3H3/b11-6-. The van der Waals surface area contributed by atoms with Crippen LogP contribution in [-0.4, -0.2) is 29.7 Å². The molecule has 84 valence electrons. The fourth-order valence-corrected chi connectivity index (χ4v) is 1.62. The molecule has 0 atom stereocenters. The normalized spacial score (nSPS) is 19.3. The van der Waals surface area contributed by atoms with Gasteiger partial charge in [-0.1, -0.05) is 19.9 Å². The lowest BCUT2D eigenvalue weighted by molar-refractivity contribution is -0.129. The third-order valence-electron chi connectivity index (χ3n) is 2.63. The first-order valence-corrected chi connectivity index (χ1v) is 5.48. The molecule has 3 nitrogen and oxygen atoms in total. The fraction of sp³-hybridized carbons (Fsp3) is 0.667. The van der Waals surface area contributed by atoms with Crippen molar-refractivity contribution in [2.75, 3.05) is 13.1 Å². The quantitative estimate of drug-likeness (QED) is 0.664. The third kappa shape index (κ3) is 3.50. The van der Waals surface area contributed by atoms with E-state index >= 15 is 0 Å². The van der Waals surface area contributed by atoms with Crippen molar-refractivity contribution < 1.29 is 9.59 Å². The maximum atomic E-state index is 11.5. The number of hydrogen-bond donors (Lipinski definition) is 0. The lowest BCUT2D eigenvalue weighted by atomic mass is 10.1. The summed E-state index contributed by atoms with van der Waals surface area (Å²) >= 11 is 0. The van der Waals surface area contributed by atoms with E-state index in [0.29, 0.717) is 12.5 Å². The van der Waals surface area contributed by atoms with Gasteiger partial charge in [-0.3, -0.25) is 9.59 Å². The van der Waals surface area contributed by atoms with Crippen LogP contribution in [0.2, 0.25) is 0 Å². The summed E-state index contributed by atoms with van der Waals surface area (Å²) in [5, 5.41) is 0. The number of carbonyl (C=O) groups is 2. The molecule has 3 heteroatoms. The highest BCUT2D eigenvalue weighted by Crippen LogP contribution is 2.14. The van der Waals surface area contributed by atoms with Crippen molar-refractivity contribution in [3.63, 3.8) is 0 Å². The predicted molar refractivity (Wildman–Crippen MR) is 59.4 cm³/mol. The van der Waals surface area contributed by atoms with Crippen molar-refractivity contribution >= 4 is 11.7 Å². The van der Waals surface area contributed by atoms with E-state index in [4.69, 9.17) is 0 Å². The highest BCUT2D eigenvalue weighted by molar-refractivity contribution is 6.02. The smallest absolute Gasteiger partial charge is 0.220 e. The predicted octanol–water partition coefficient (Wildman–Crippen LogP) is 1.78. The van der Waals surface area contributed by atoms with Crippen LogP contribution in [0.4, 0.5) is 0 Å². The maximum absolute atomic E-state index is 11.5. The third-order valence-corrected chi connectivity index (χ3v) is 2.63. The molecule has 1 rings (SSSR count). The van der Waals surface area contributed by atoms with Gasteiger partial charge in [0.1, 0.15) is 0 Å². The van der Waals surface area contributed by atoms with E-state index in [-0.39, 0.29) is 18.2 Å². The molecule has 0 bridgehead atoms. The molecule has 0 saturated carbocycles. The molecule has 1 aliphatic rings. The summed E-state index contributed by atoms with van der Waals surface area (Å²) in [6.45, 7) is 6.60. The summed E-state index contributed by atoms with van der Waals surface area (Å²) in [6.07, 6.45) is 4.02. The molecule has 0 aromatic heterocycles. The van der Waals surface area contributed by atoms with Crippen LogP contribution in [0.15, 0.2) is 11.6 Å². The Labute approximate surface area is 91.1 Å². The second-order valence-electron chi connectivity index (χ2n) is 4.50.